The van der Waals surface area contributed by atoms with Gasteiger partial charge in [0.25, 0.3) is 5.56 Å². The van der Waals surface area contributed by atoms with Crippen LogP contribution in [0.5, 0.6) is 5.75 Å². The Labute approximate surface area is 131 Å². The van der Waals surface area contributed by atoms with E-state index in [-0.39, 0.29) is 11.6 Å². The smallest absolute Gasteiger partial charge is 0.255 e. The van der Waals surface area contributed by atoms with Crippen LogP contribution in [-0.4, -0.2) is 11.2 Å². The molecule has 0 aliphatic carbocycles. The van der Waals surface area contributed by atoms with E-state index in [1.54, 1.807) is 0 Å². The maximum absolute atomic E-state index is 12.5. The predicted molar refractivity (Wildman–Crippen MR) is 90.4 cm³/mol. The molecule has 0 unspecified atom stereocenters. The van der Waals surface area contributed by atoms with Crippen molar-refractivity contribution in [2.24, 2.45) is 0 Å². The van der Waals surface area contributed by atoms with E-state index in [0.717, 1.165) is 22.6 Å². The average Bonchev–Trinajstić information content (AvgIpc) is 2.47. The van der Waals surface area contributed by atoms with Crippen molar-refractivity contribution in [1.29, 1.82) is 0 Å². The van der Waals surface area contributed by atoms with Gasteiger partial charge >= 0.3 is 0 Å². The van der Waals surface area contributed by atoms with Gasteiger partial charge in [-0.3, -0.25) is 4.79 Å². The van der Waals surface area contributed by atoms with Gasteiger partial charge in [0.15, 0.2) is 0 Å². The van der Waals surface area contributed by atoms with Gasteiger partial charge in [-0.25, -0.2) is 0 Å². The van der Waals surface area contributed by atoms with E-state index >= 15 is 0 Å². The molecule has 4 heteroatoms. The third-order valence-corrected chi connectivity index (χ3v) is 3.68. The molecule has 1 aromatic carbocycles. The molecular weight excluding hydrogens is 282 g/mol. The molecule has 0 radical (unpaired) electrons. The molecule has 0 N–H and O–H groups in total. The van der Waals surface area contributed by atoms with Crippen molar-refractivity contribution < 1.29 is 4.74 Å². The molecule has 0 saturated heterocycles. The van der Waals surface area contributed by atoms with Gasteiger partial charge in [0, 0.05) is 17.4 Å². The number of rotatable bonds is 5. The second kappa shape index (κ2) is 6.85. The Morgan fingerprint density at radius 2 is 1.81 bits per heavy atom. The predicted octanol–water partition coefficient (Wildman–Crippen LogP) is 3.92. The summed E-state index contributed by atoms with van der Waals surface area (Å²) in [5.74, 6) is 1.29. The van der Waals surface area contributed by atoms with Crippen molar-refractivity contribution in [2.45, 2.75) is 32.6 Å². The van der Waals surface area contributed by atoms with Crippen LogP contribution >= 0.6 is 12.6 Å². The highest BCUT2D eigenvalue weighted by atomic mass is 32.1. The normalized spacial score (nSPS) is 10.9. The molecule has 1 aromatic heterocycles. The number of hydrogen-bond acceptors (Lipinski definition) is 3. The number of hydrogen-bond donors (Lipinski definition) is 1. The van der Waals surface area contributed by atoms with Crippen LogP contribution in [0.25, 0.3) is 11.3 Å². The highest BCUT2D eigenvalue weighted by Gasteiger charge is 2.12. The first-order valence-electron chi connectivity index (χ1n) is 7.17. The molecule has 3 nitrogen and oxygen atoms in total. The number of pyridine rings is 1. The van der Waals surface area contributed by atoms with Crippen LogP contribution in [0.2, 0.25) is 0 Å². The van der Waals surface area contributed by atoms with Crippen LogP contribution in [0.4, 0.5) is 0 Å². The Morgan fingerprint density at radius 1 is 1.14 bits per heavy atom. The lowest BCUT2D eigenvalue weighted by molar-refractivity contribution is 0.340. The zero-order valence-corrected chi connectivity index (χ0v) is 13.6. The van der Waals surface area contributed by atoms with Gasteiger partial charge in [-0.15, -0.1) is 0 Å². The summed E-state index contributed by atoms with van der Waals surface area (Å²) in [6.45, 7) is 6.64. The van der Waals surface area contributed by atoms with E-state index in [0.29, 0.717) is 12.4 Å². The number of benzene rings is 1. The van der Waals surface area contributed by atoms with Crippen molar-refractivity contribution in [3.05, 3.63) is 52.3 Å². The number of thiol groups is 1. The fourth-order valence-corrected chi connectivity index (χ4v) is 2.59. The largest absolute Gasteiger partial charge is 0.494 e. The maximum atomic E-state index is 12.5. The fourth-order valence-electron chi connectivity index (χ4n) is 2.35. The first-order chi connectivity index (χ1) is 10.1. The Bertz CT molecular complexity index is 659. The maximum Gasteiger partial charge on any atom is 0.255 e. The SMILES string of the molecule is CCOc1ccc(-c2ccc(CS)c(=O)n2C(C)C)cc1. The summed E-state index contributed by atoms with van der Waals surface area (Å²) in [7, 11) is 0. The molecular formula is C17H21NO2S. The van der Waals surface area contributed by atoms with Crippen molar-refractivity contribution in [3.8, 4) is 17.0 Å². The molecule has 2 aromatic rings. The zero-order chi connectivity index (χ0) is 15.4. The van der Waals surface area contributed by atoms with Crippen molar-refractivity contribution in [2.75, 3.05) is 6.61 Å². The first-order valence-corrected chi connectivity index (χ1v) is 7.80. The summed E-state index contributed by atoms with van der Waals surface area (Å²) in [4.78, 5) is 12.5. The Hall–Kier alpha value is -1.68. The van der Waals surface area contributed by atoms with Gasteiger partial charge < -0.3 is 9.30 Å². The van der Waals surface area contributed by atoms with Gasteiger partial charge in [0.05, 0.1) is 12.3 Å². The molecule has 1 heterocycles. The lowest BCUT2D eigenvalue weighted by atomic mass is 10.1. The van der Waals surface area contributed by atoms with Crippen LogP contribution in [0.1, 0.15) is 32.4 Å². The molecule has 0 saturated carbocycles. The quantitative estimate of drug-likeness (QED) is 0.849. The molecule has 21 heavy (non-hydrogen) atoms. The number of aromatic nitrogens is 1. The molecule has 0 aliphatic heterocycles. The zero-order valence-electron chi connectivity index (χ0n) is 12.7. The van der Waals surface area contributed by atoms with E-state index in [1.165, 1.54) is 0 Å². The first kappa shape index (κ1) is 15.7. The fraction of sp³-hybridized carbons (Fsp3) is 0.353. The molecule has 0 atom stereocenters. The second-order valence-corrected chi connectivity index (χ2v) is 5.44. The minimum Gasteiger partial charge on any atom is -0.494 e. The lowest BCUT2D eigenvalue weighted by Crippen LogP contribution is -2.26. The van der Waals surface area contributed by atoms with Crippen molar-refractivity contribution in [3.63, 3.8) is 0 Å². The van der Waals surface area contributed by atoms with Gasteiger partial charge in [-0.05, 0) is 56.7 Å². The minimum atomic E-state index is 0.0337. The number of nitrogens with zero attached hydrogens (tertiary/aromatic N) is 1. The molecule has 0 fully saturated rings. The van der Waals surface area contributed by atoms with E-state index in [2.05, 4.69) is 12.6 Å². The van der Waals surface area contributed by atoms with Crippen molar-refractivity contribution in [1.82, 2.24) is 4.57 Å². The monoisotopic (exact) mass is 303 g/mol. The Kier molecular flexibility index (Phi) is 5.12. The van der Waals surface area contributed by atoms with E-state index in [1.807, 2.05) is 61.7 Å². The van der Waals surface area contributed by atoms with Crippen LogP contribution in [0.3, 0.4) is 0 Å². The summed E-state index contributed by atoms with van der Waals surface area (Å²) in [5, 5.41) is 0. The lowest BCUT2D eigenvalue weighted by Gasteiger charge is -2.18. The van der Waals surface area contributed by atoms with Crippen LogP contribution < -0.4 is 10.3 Å². The average molecular weight is 303 g/mol. The molecule has 0 amide bonds. The summed E-state index contributed by atoms with van der Waals surface area (Å²) >= 11 is 4.22. The van der Waals surface area contributed by atoms with Crippen molar-refractivity contribution >= 4 is 12.6 Å². The Balaban J connectivity index is 2.53. The number of ether oxygens (including phenoxy) is 1. The Morgan fingerprint density at radius 3 is 2.33 bits per heavy atom. The van der Waals surface area contributed by atoms with Crippen LogP contribution in [-0.2, 0) is 5.75 Å². The minimum absolute atomic E-state index is 0.0337. The summed E-state index contributed by atoms with van der Waals surface area (Å²) < 4.78 is 7.28. The van der Waals surface area contributed by atoms with E-state index in [4.69, 9.17) is 4.74 Å². The molecule has 0 spiro atoms. The van der Waals surface area contributed by atoms with Gasteiger partial charge in [-0.1, -0.05) is 6.07 Å². The van der Waals surface area contributed by atoms with Gasteiger partial charge in [0.1, 0.15) is 5.75 Å². The summed E-state index contributed by atoms with van der Waals surface area (Å²) in [6.07, 6.45) is 0. The van der Waals surface area contributed by atoms with E-state index in [9.17, 15) is 4.79 Å². The third kappa shape index (κ3) is 3.32. The molecule has 112 valence electrons. The van der Waals surface area contributed by atoms with Gasteiger partial charge in [0.2, 0.25) is 0 Å². The highest BCUT2D eigenvalue weighted by Crippen LogP contribution is 2.24. The topological polar surface area (TPSA) is 31.2 Å². The third-order valence-electron chi connectivity index (χ3n) is 3.34. The molecule has 0 aliphatic rings. The summed E-state index contributed by atoms with van der Waals surface area (Å²) in [5.41, 5.74) is 2.69. The van der Waals surface area contributed by atoms with Crippen LogP contribution in [0.15, 0.2) is 41.2 Å². The molecule has 2 rings (SSSR count). The second-order valence-electron chi connectivity index (χ2n) is 5.13. The summed E-state index contributed by atoms with van der Waals surface area (Å²) in [6, 6.07) is 11.8. The molecule has 0 bridgehead atoms. The standard InChI is InChI=1S/C17H21NO2S/c1-4-20-15-8-5-13(6-9-15)16-10-7-14(11-21)17(19)18(16)12(2)3/h5-10,12,21H,4,11H2,1-3H3. The van der Waals surface area contributed by atoms with Crippen LogP contribution in [0, 0.1) is 0 Å². The van der Waals surface area contributed by atoms with E-state index < -0.39 is 0 Å². The van der Waals surface area contributed by atoms with Gasteiger partial charge in [-0.2, -0.15) is 12.6 Å². The highest BCUT2D eigenvalue weighted by molar-refractivity contribution is 7.79.